The van der Waals surface area contributed by atoms with Crippen LogP contribution in [-0.4, -0.2) is 34.8 Å². The van der Waals surface area contributed by atoms with E-state index in [0.29, 0.717) is 21.4 Å². The SMILES string of the molecule is CCN(C)/C=N\c1cc(C)c(S(=O)(CC)=Nc2cccc(C)c2)cc1Cl. The molecule has 1 atom stereocenters. The molecule has 26 heavy (non-hydrogen) atoms. The van der Waals surface area contributed by atoms with E-state index in [1.54, 1.807) is 12.4 Å². The molecule has 140 valence electrons. The Labute approximate surface area is 162 Å². The molecular weight excluding hydrogens is 366 g/mol. The lowest BCUT2D eigenvalue weighted by Gasteiger charge is -2.14. The first-order valence-electron chi connectivity index (χ1n) is 8.65. The summed E-state index contributed by atoms with van der Waals surface area (Å²) in [6.07, 6.45) is 1.74. The fourth-order valence-electron chi connectivity index (χ4n) is 2.46. The van der Waals surface area contributed by atoms with Crippen molar-refractivity contribution in [2.75, 3.05) is 19.3 Å². The highest BCUT2D eigenvalue weighted by molar-refractivity contribution is 7.93. The average Bonchev–Trinajstić information content (AvgIpc) is 2.61. The molecule has 0 heterocycles. The number of hydrogen-bond acceptors (Lipinski definition) is 3. The number of benzene rings is 2. The molecule has 0 amide bonds. The lowest BCUT2D eigenvalue weighted by Crippen LogP contribution is -2.14. The Morgan fingerprint density at radius 3 is 2.54 bits per heavy atom. The van der Waals surface area contributed by atoms with Crippen LogP contribution in [0.4, 0.5) is 11.4 Å². The summed E-state index contributed by atoms with van der Waals surface area (Å²) in [6, 6.07) is 11.4. The zero-order valence-corrected chi connectivity index (χ0v) is 17.6. The lowest BCUT2D eigenvalue weighted by molar-refractivity contribution is 0.552. The molecule has 6 heteroatoms. The Balaban J connectivity index is 2.53. The van der Waals surface area contributed by atoms with Gasteiger partial charge in [0.2, 0.25) is 0 Å². The Morgan fingerprint density at radius 2 is 1.92 bits per heavy atom. The molecule has 4 nitrogen and oxygen atoms in total. The average molecular weight is 392 g/mol. The maximum atomic E-state index is 13.6. The molecule has 0 aliphatic rings. The third-order valence-corrected chi connectivity index (χ3v) is 6.84. The summed E-state index contributed by atoms with van der Waals surface area (Å²) in [5, 5.41) is 0.479. The van der Waals surface area contributed by atoms with Crippen LogP contribution in [0, 0.1) is 13.8 Å². The topological polar surface area (TPSA) is 45.0 Å². The zero-order valence-electron chi connectivity index (χ0n) is 16.0. The molecule has 0 N–H and O–H groups in total. The van der Waals surface area contributed by atoms with Gasteiger partial charge in [-0.05, 0) is 56.2 Å². The van der Waals surface area contributed by atoms with Gasteiger partial charge < -0.3 is 4.90 Å². The Bertz CT molecular complexity index is 931. The molecule has 0 aliphatic heterocycles. The monoisotopic (exact) mass is 391 g/mol. The number of halogens is 1. The van der Waals surface area contributed by atoms with Crippen molar-refractivity contribution in [3.05, 3.63) is 52.5 Å². The van der Waals surface area contributed by atoms with Crippen molar-refractivity contribution in [3.63, 3.8) is 0 Å². The van der Waals surface area contributed by atoms with E-state index in [0.717, 1.165) is 23.4 Å². The van der Waals surface area contributed by atoms with Crippen LogP contribution in [-0.2, 0) is 9.73 Å². The van der Waals surface area contributed by atoms with Crippen LogP contribution in [0.15, 0.2) is 50.6 Å². The Kier molecular flexibility index (Phi) is 6.84. The van der Waals surface area contributed by atoms with Gasteiger partial charge in [-0.2, -0.15) is 4.36 Å². The van der Waals surface area contributed by atoms with E-state index in [4.69, 9.17) is 11.6 Å². The summed E-state index contributed by atoms with van der Waals surface area (Å²) in [5.74, 6) is 0.416. The van der Waals surface area contributed by atoms with Crippen molar-refractivity contribution in [3.8, 4) is 0 Å². The number of aliphatic imine (C=N–C) groups is 1. The van der Waals surface area contributed by atoms with Crippen molar-refractivity contribution in [2.24, 2.45) is 9.36 Å². The Morgan fingerprint density at radius 1 is 1.19 bits per heavy atom. The number of rotatable bonds is 6. The molecule has 2 rings (SSSR count). The molecule has 0 aliphatic carbocycles. The zero-order chi connectivity index (χ0) is 19.3. The summed E-state index contributed by atoms with van der Waals surface area (Å²) < 4.78 is 18.1. The van der Waals surface area contributed by atoms with Crippen molar-refractivity contribution in [1.82, 2.24) is 4.90 Å². The van der Waals surface area contributed by atoms with Gasteiger partial charge in [0.15, 0.2) is 0 Å². The minimum atomic E-state index is -2.60. The smallest absolute Gasteiger partial charge is 0.0910 e. The molecule has 0 radical (unpaired) electrons. The van der Waals surface area contributed by atoms with E-state index >= 15 is 0 Å². The fraction of sp³-hybridized carbons (Fsp3) is 0.350. The van der Waals surface area contributed by atoms with Gasteiger partial charge in [0.05, 0.1) is 37.4 Å². The summed E-state index contributed by atoms with van der Waals surface area (Å²) in [4.78, 5) is 7.06. The maximum absolute atomic E-state index is 13.6. The molecular formula is C20H26ClN3OS. The largest absolute Gasteiger partial charge is 0.366 e. The second kappa shape index (κ2) is 8.69. The highest BCUT2D eigenvalue weighted by Crippen LogP contribution is 2.33. The van der Waals surface area contributed by atoms with Gasteiger partial charge in [0, 0.05) is 19.3 Å². The van der Waals surface area contributed by atoms with Crippen LogP contribution in [0.3, 0.4) is 0 Å². The van der Waals surface area contributed by atoms with E-state index in [9.17, 15) is 4.21 Å². The molecule has 0 bridgehead atoms. The van der Waals surface area contributed by atoms with Crippen molar-refractivity contribution < 1.29 is 4.21 Å². The van der Waals surface area contributed by atoms with Crippen LogP contribution < -0.4 is 0 Å². The first-order valence-corrected chi connectivity index (χ1v) is 10.7. The van der Waals surface area contributed by atoms with Gasteiger partial charge in [-0.3, -0.25) is 0 Å². The van der Waals surface area contributed by atoms with Crippen LogP contribution in [0.25, 0.3) is 0 Å². The number of aryl methyl sites for hydroxylation is 2. The second-order valence-electron chi connectivity index (χ2n) is 6.25. The van der Waals surface area contributed by atoms with Crippen molar-refractivity contribution >= 4 is 39.0 Å². The van der Waals surface area contributed by atoms with Crippen molar-refractivity contribution in [2.45, 2.75) is 32.6 Å². The standard InChI is InChI=1S/C20H26ClN3OS/c1-6-24(5)14-22-19-12-16(4)20(13-18(19)21)26(25,7-2)23-17-10-8-9-15(3)11-17/h8-14H,6-7H2,1-5H3/b22-14-. The highest BCUT2D eigenvalue weighted by Gasteiger charge is 2.16. The van der Waals surface area contributed by atoms with Crippen LogP contribution >= 0.6 is 11.6 Å². The first-order chi connectivity index (χ1) is 12.3. The molecule has 2 aromatic carbocycles. The third-order valence-electron chi connectivity index (χ3n) is 4.13. The number of nitrogens with zero attached hydrogens (tertiary/aromatic N) is 3. The minimum Gasteiger partial charge on any atom is -0.366 e. The quantitative estimate of drug-likeness (QED) is 0.465. The molecule has 2 aromatic rings. The molecule has 0 saturated carbocycles. The van der Waals surface area contributed by atoms with Gasteiger partial charge in [-0.25, -0.2) is 9.20 Å². The van der Waals surface area contributed by atoms with E-state index in [1.807, 2.05) is 70.0 Å². The molecule has 0 saturated heterocycles. The molecule has 0 aromatic heterocycles. The summed E-state index contributed by atoms with van der Waals surface area (Å²) >= 11 is 6.42. The van der Waals surface area contributed by atoms with Gasteiger partial charge >= 0.3 is 0 Å². The van der Waals surface area contributed by atoms with E-state index < -0.39 is 9.73 Å². The van der Waals surface area contributed by atoms with Gasteiger partial charge in [-0.1, -0.05) is 30.7 Å². The third kappa shape index (κ3) is 4.86. The highest BCUT2D eigenvalue weighted by atomic mass is 35.5. The van der Waals surface area contributed by atoms with E-state index in [1.165, 1.54) is 0 Å². The summed E-state index contributed by atoms with van der Waals surface area (Å²) in [7, 11) is -0.655. The number of hydrogen-bond donors (Lipinski definition) is 0. The summed E-state index contributed by atoms with van der Waals surface area (Å²) in [6.45, 7) is 8.71. The van der Waals surface area contributed by atoms with Gasteiger partial charge in [-0.15, -0.1) is 0 Å². The normalized spacial score (nSPS) is 13.6. The molecule has 0 spiro atoms. The van der Waals surface area contributed by atoms with Crippen LogP contribution in [0.5, 0.6) is 0 Å². The predicted molar refractivity (Wildman–Crippen MR) is 113 cm³/mol. The summed E-state index contributed by atoms with van der Waals surface area (Å²) in [5.41, 5.74) is 3.35. The van der Waals surface area contributed by atoms with Gasteiger partial charge in [0.25, 0.3) is 0 Å². The van der Waals surface area contributed by atoms with E-state index in [2.05, 4.69) is 9.36 Å². The van der Waals surface area contributed by atoms with Crippen molar-refractivity contribution in [1.29, 1.82) is 0 Å². The second-order valence-corrected chi connectivity index (χ2v) is 9.13. The first kappa shape index (κ1) is 20.5. The van der Waals surface area contributed by atoms with E-state index in [-0.39, 0.29) is 0 Å². The maximum Gasteiger partial charge on any atom is 0.0910 e. The van der Waals surface area contributed by atoms with Crippen LogP contribution in [0.1, 0.15) is 25.0 Å². The van der Waals surface area contributed by atoms with Gasteiger partial charge in [0.1, 0.15) is 0 Å². The molecule has 1 unspecified atom stereocenters. The lowest BCUT2D eigenvalue weighted by atomic mass is 10.2. The minimum absolute atomic E-state index is 0.416. The molecule has 0 fully saturated rings. The Hall–Kier alpha value is -1.85. The predicted octanol–water partition coefficient (Wildman–Crippen LogP) is 5.75. The van der Waals surface area contributed by atoms with Crippen LogP contribution in [0.2, 0.25) is 5.02 Å². The fourth-order valence-corrected chi connectivity index (χ4v) is 4.59.